The van der Waals surface area contributed by atoms with Crippen LogP contribution in [0.2, 0.25) is 0 Å². The molecule has 0 aliphatic carbocycles. The van der Waals surface area contributed by atoms with Crippen LogP contribution >= 0.6 is 0 Å². The SMILES string of the molecule is CCCOc1c(C)cccc1CC(C)N. The molecule has 2 N–H and O–H groups in total. The second kappa shape index (κ2) is 5.76. The lowest BCUT2D eigenvalue weighted by Gasteiger charge is -2.14. The lowest BCUT2D eigenvalue weighted by atomic mass is 10.0. The van der Waals surface area contributed by atoms with E-state index in [4.69, 9.17) is 10.5 Å². The molecule has 0 saturated heterocycles. The van der Waals surface area contributed by atoms with E-state index >= 15 is 0 Å². The van der Waals surface area contributed by atoms with Crippen LogP contribution < -0.4 is 10.5 Å². The van der Waals surface area contributed by atoms with Gasteiger partial charge in [-0.2, -0.15) is 0 Å². The monoisotopic (exact) mass is 207 g/mol. The molecule has 1 aromatic carbocycles. The normalized spacial score (nSPS) is 12.5. The average Bonchev–Trinajstić information content (AvgIpc) is 2.16. The number of para-hydroxylation sites is 1. The summed E-state index contributed by atoms with van der Waals surface area (Å²) in [7, 11) is 0. The van der Waals surface area contributed by atoms with Gasteiger partial charge in [0, 0.05) is 6.04 Å². The van der Waals surface area contributed by atoms with Gasteiger partial charge in [0.25, 0.3) is 0 Å². The van der Waals surface area contributed by atoms with E-state index < -0.39 is 0 Å². The van der Waals surface area contributed by atoms with Crippen LogP contribution in [0.25, 0.3) is 0 Å². The Morgan fingerprint density at radius 1 is 1.40 bits per heavy atom. The van der Waals surface area contributed by atoms with Crippen molar-refractivity contribution in [2.75, 3.05) is 6.61 Å². The molecule has 0 aromatic heterocycles. The minimum atomic E-state index is 0.177. The molecule has 0 radical (unpaired) electrons. The first-order valence-electron chi connectivity index (χ1n) is 5.62. The molecule has 2 nitrogen and oxygen atoms in total. The van der Waals surface area contributed by atoms with Crippen LogP contribution in [-0.2, 0) is 6.42 Å². The predicted octanol–water partition coefficient (Wildman–Crippen LogP) is 2.67. The van der Waals surface area contributed by atoms with Crippen molar-refractivity contribution >= 4 is 0 Å². The second-order valence-electron chi connectivity index (χ2n) is 4.09. The quantitative estimate of drug-likeness (QED) is 0.805. The maximum Gasteiger partial charge on any atom is 0.125 e. The maximum absolute atomic E-state index is 5.82. The van der Waals surface area contributed by atoms with Crippen molar-refractivity contribution in [1.29, 1.82) is 0 Å². The Bertz CT molecular complexity index is 307. The van der Waals surface area contributed by atoms with Crippen molar-refractivity contribution in [2.45, 2.75) is 39.7 Å². The number of hydrogen-bond acceptors (Lipinski definition) is 2. The molecule has 0 bridgehead atoms. The third-order valence-corrected chi connectivity index (χ3v) is 2.29. The number of nitrogens with two attached hydrogens (primary N) is 1. The fourth-order valence-electron chi connectivity index (χ4n) is 1.63. The Labute approximate surface area is 92.4 Å². The summed E-state index contributed by atoms with van der Waals surface area (Å²) in [5.74, 6) is 1.02. The summed E-state index contributed by atoms with van der Waals surface area (Å²) in [6.45, 7) is 6.99. The number of hydrogen-bond donors (Lipinski definition) is 1. The lowest BCUT2D eigenvalue weighted by Crippen LogP contribution is -2.18. The molecule has 1 atom stereocenters. The smallest absolute Gasteiger partial charge is 0.125 e. The Kier molecular flexibility index (Phi) is 4.63. The molecule has 0 fully saturated rings. The molecule has 0 aliphatic heterocycles. The van der Waals surface area contributed by atoms with E-state index in [1.165, 1.54) is 11.1 Å². The van der Waals surface area contributed by atoms with Gasteiger partial charge in [-0.3, -0.25) is 0 Å². The zero-order chi connectivity index (χ0) is 11.3. The first-order chi connectivity index (χ1) is 7.15. The molecule has 0 amide bonds. The van der Waals surface area contributed by atoms with E-state index in [0.717, 1.165) is 25.2 Å². The van der Waals surface area contributed by atoms with E-state index in [1.54, 1.807) is 0 Å². The first kappa shape index (κ1) is 12.1. The molecule has 0 aliphatic rings. The minimum absolute atomic E-state index is 0.177. The van der Waals surface area contributed by atoms with E-state index in [-0.39, 0.29) is 6.04 Å². The standard InChI is InChI=1S/C13H21NO/c1-4-8-15-13-10(2)6-5-7-12(13)9-11(3)14/h5-7,11H,4,8-9,14H2,1-3H3. The third-order valence-electron chi connectivity index (χ3n) is 2.29. The van der Waals surface area contributed by atoms with E-state index in [2.05, 4.69) is 32.0 Å². The third kappa shape index (κ3) is 3.56. The molecule has 0 saturated carbocycles. The average molecular weight is 207 g/mol. The summed E-state index contributed by atoms with van der Waals surface area (Å²) in [5, 5.41) is 0. The van der Waals surface area contributed by atoms with Gasteiger partial charge in [-0.1, -0.05) is 25.1 Å². The summed E-state index contributed by atoms with van der Waals surface area (Å²) >= 11 is 0. The Morgan fingerprint density at radius 3 is 2.73 bits per heavy atom. The van der Waals surface area contributed by atoms with Crippen molar-refractivity contribution in [3.63, 3.8) is 0 Å². The van der Waals surface area contributed by atoms with Gasteiger partial charge in [-0.15, -0.1) is 0 Å². The van der Waals surface area contributed by atoms with Crippen LogP contribution in [0.4, 0.5) is 0 Å². The molecule has 0 spiro atoms. The fourth-order valence-corrected chi connectivity index (χ4v) is 1.63. The number of rotatable bonds is 5. The molecular weight excluding hydrogens is 186 g/mol. The molecule has 0 heterocycles. The zero-order valence-electron chi connectivity index (χ0n) is 9.92. The van der Waals surface area contributed by atoms with E-state index in [1.807, 2.05) is 6.92 Å². The van der Waals surface area contributed by atoms with Gasteiger partial charge < -0.3 is 10.5 Å². The largest absolute Gasteiger partial charge is 0.493 e. The van der Waals surface area contributed by atoms with Crippen LogP contribution in [0, 0.1) is 6.92 Å². The van der Waals surface area contributed by atoms with Crippen molar-refractivity contribution in [3.05, 3.63) is 29.3 Å². The van der Waals surface area contributed by atoms with Crippen molar-refractivity contribution in [1.82, 2.24) is 0 Å². The van der Waals surface area contributed by atoms with Gasteiger partial charge in [-0.05, 0) is 37.8 Å². The summed E-state index contributed by atoms with van der Waals surface area (Å²) < 4.78 is 5.76. The molecule has 1 rings (SSSR count). The second-order valence-corrected chi connectivity index (χ2v) is 4.09. The first-order valence-corrected chi connectivity index (χ1v) is 5.62. The van der Waals surface area contributed by atoms with Crippen molar-refractivity contribution < 1.29 is 4.74 Å². The van der Waals surface area contributed by atoms with E-state index in [0.29, 0.717) is 0 Å². The van der Waals surface area contributed by atoms with Crippen LogP contribution in [0.3, 0.4) is 0 Å². The molecule has 1 aromatic rings. The number of ether oxygens (including phenoxy) is 1. The summed E-state index contributed by atoms with van der Waals surface area (Å²) in [6, 6.07) is 6.42. The van der Waals surface area contributed by atoms with Gasteiger partial charge in [0.15, 0.2) is 0 Å². The zero-order valence-corrected chi connectivity index (χ0v) is 9.92. The number of aryl methyl sites for hydroxylation is 1. The van der Waals surface area contributed by atoms with Crippen LogP contribution in [0.1, 0.15) is 31.4 Å². The maximum atomic E-state index is 5.82. The molecule has 15 heavy (non-hydrogen) atoms. The van der Waals surface area contributed by atoms with Crippen LogP contribution in [0.5, 0.6) is 5.75 Å². The Balaban J connectivity index is 2.87. The predicted molar refractivity (Wildman–Crippen MR) is 64.3 cm³/mol. The van der Waals surface area contributed by atoms with Gasteiger partial charge in [0.05, 0.1) is 6.61 Å². The van der Waals surface area contributed by atoms with Crippen LogP contribution in [0.15, 0.2) is 18.2 Å². The van der Waals surface area contributed by atoms with Crippen molar-refractivity contribution in [2.24, 2.45) is 5.73 Å². The van der Waals surface area contributed by atoms with Gasteiger partial charge in [-0.25, -0.2) is 0 Å². The van der Waals surface area contributed by atoms with Gasteiger partial charge in [0.2, 0.25) is 0 Å². The Hall–Kier alpha value is -1.02. The van der Waals surface area contributed by atoms with E-state index in [9.17, 15) is 0 Å². The van der Waals surface area contributed by atoms with Crippen molar-refractivity contribution in [3.8, 4) is 5.75 Å². The van der Waals surface area contributed by atoms with Gasteiger partial charge in [0.1, 0.15) is 5.75 Å². The summed E-state index contributed by atoms with van der Waals surface area (Å²) in [5.41, 5.74) is 8.23. The van der Waals surface area contributed by atoms with Crippen LogP contribution in [-0.4, -0.2) is 12.6 Å². The highest BCUT2D eigenvalue weighted by Gasteiger charge is 2.08. The fraction of sp³-hybridized carbons (Fsp3) is 0.538. The lowest BCUT2D eigenvalue weighted by molar-refractivity contribution is 0.311. The number of benzene rings is 1. The minimum Gasteiger partial charge on any atom is -0.493 e. The topological polar surface area (TPSA) is 35.2 Å². The summed E-state index contributed by atoms with van der Waals surface area (Å²) in [6.07, 6.45) is 1.91. The van der Waals surface area contributed by atoms with Gasteiger partial charge >= 0.3 is 0 Å². The highest BCUT2D eigenvalue weighted by molar-refractivity contribution is 5.41. The summed E-state index contributed by atoms with van der Waals surface area (Å²) in [4.78, 5) is 0. The molecule has 1 unspecified atom stereocenters. The molecular formula is C13H21NO. The molecule has 2 heteroatoms. The molecule has 84 valence electrons. The highest BCUT2D eigenvalue weighted by atomic mass is 16.5. The highest BCUT2D eigenvalue weighted by Crippen LogP contribution is 2.24. The Morgan fingerprint density at radius 2 is 2.13 bits per heavy atom.